The number of nitrogen functional groups attached to an aromatic ring is 1. The summed E-state index contributed by atoms with van der Waals surface area (Å²) < 4.78 is 1.48. The molecule has 0 radical (unpaired) electrons. The number of anilines is 1. The lowest BCUT2D eigenvalue weighted by Crippen LogP contribution is -2.38. The van der Waals surface area contributed by atoms with Crippen LogP contribution in [0.15, 0.2) is 12.4 Å². The van der Waals surface area contributed by atoms with Gasteiger partial charge in [-0.3, -0.25) is 14.9 Å². The number of hydrogen-bond donors (Lipinski definition) is 2. The zero-order valence-corrected chi connectivity index (χ0v) is 7.69. The second kappa shape index (κ2) is 3.90. The Kier molecular flexibility index (Phi) is 2.86. The highest BCUT2D eigenvalue weighted by atomic mass is 16.2. The summed E-state index contributed by atoms with van der Waals surface area (Å²) in [5, 5.41) is 5.45. The van der Waals surface area contributed by atoms with Gasteiger partial charge in [-0.05, 0) is 0 Å². The average molecular weight is 183 g/mol. The van der Waals surface area contributed by atoms with Gasteiger partial charge in [0, 0.05) is 20.3 Å². The minimum Gasteiger partial charge on any atom is -0.396 e. The van der Waals surface area contributed by atoms with E-state index >= 15 is 0 Å². The van der Waals surface area contributed by atoms with Crippen molar-refractivity contribution in [1.29, 1.82) is 0 Å². The number of carbonyl (C=O) groups excluding carboxylic acids is 1. The van der Waals surface area contributed by atoms with E-state index < -0.39 is 0 Å². The SMILES string of the molecule is CN(C)NC(=O)Cn1cc(N)cn1. The van der Waals surface area contributed by atoms with Crippen LogP contribution in [-0.2, 0) is 11.3 Å². The summed E-state index contributed by atoms with van der Waals surface area (Å²) in [4.78, 5) is 11.2. The fraction of sp³-hybridized carbons (Fsp3) is 0.429. The number of hydrazine groups is 1. The Balaban J connectivity index is 2.45. The summed E-state index contributed by atoms with van der Waals surface area (Å²) >= 11 is 0. The molecule has 1 rings (SSSR count). The fourth-order valence-electron chi connectivity index (χ4n) is 0.898. The van der Waals surface area contributed by atoms with E-state index in [1.807, 2.05) is 0 Å². The maximum absolute atomic E-state index is 11.2. The number of nitrogens with one attached hydrogen (secondary N) is 1. The van der Waals surface area contributed by atoms with Crippen LogP contribution < -0.4 is 11.2 Å². The fourth-order valence-corrected chi connectivity index (χ4v) is 0.898. The third kappa shape index (κ3) is 3.12. The molecule has 1 aromatic rings. The first-order valence-corrected chi connectivity index (χ1v) is 3.82. The molecule has 0 unspecified atom stereocenters. The molecule has 0 aliphatic carbocycles. The molecule has 0 saturated heterocycles. The summed E-state index contributed by atoms with van der Waals surface area (Å²) in [6.07, 6.45) is 3.11. The van der Waals surface area contributed by atoms with Crippen LogP contribution in [0.5, 0.6) is 0 Å². The summed E-state index contributed by atoms with van der Waals surface area (Å²) in [5.41, 5.74) is 8.58. The van der Waals surface area contributed by atoms with Gasteiger partial charge in [0.25, 0.3) is 5.91 Å². The van der Waals surface area contributed by atoms with Crippen molar-refractivity contribution in [2.75, 3.05) is 19.8 Å². The van der Waals surface area contributed by atoms with Gasteiger partial charge < -0.3 is 5.73 Å². The molecule has 6 nitrogen and oxygen atoms in total. The minimum atomic E-state index is -0.131. The van der Waals surface area contributed by atoms with Crippen LogP contribution >= 0.6 is 0 Å². The number of aromatic nitrogens is 2. The molecule has 1 heterocycles. The van der Waals surface area contributed by atoms with E-state index in [1.165, 1.54) is 10.9 Å². The Morgan fingerprint density at radius 1 is 1.77 bits per heavy atom. The van der Waals surface area contributed by atoms with Gasteiger partial charge in [0.05, 0.1) is 11.9 Å². The third-order valence-electron chi connectivity index (χ3n) is 1.31. The molecule has 0 saturated carbocycles. The molecule has 0 bridgehead atoms. The van der Waals surface area contributed by atoms with Crippen molar-refractivity contribution in [3.8, 4) is 0 Å². The molecule has 6 heteroatoms. The Morgan fingerprint density at radius 2 is 2.46 bits per heavy atom. The van der Waals surface area contributed by atoms with E-state index in [1.54, 1.807) is 25.3 Å². The highest BCUT2D eigenvalue weighted by Crippen LogP contribution is 1.96. The normalized spacial score (nSPS) is 10.4. The van der Waals surface area contributed by atoms with Gasteiger partial charge in [-0.2, -0.15) is 5.10 Å². The predicted molar refractivity (Wildman–Crippen MR) is 48.5 cm³/mol. The first kappa shape index (κ1) is 9.53. The molecule has 0 aliphatic heterocycles. The number of rotatable bonds is 3. The first-order valence-electron chi connectivity index (χ1n) is 3.82. The van der Waals surface area contributed by atoms with Gasteiger partial charge in [-0.25, -0.2) is 5.01 Å². The van der Waals surface area contributed by atoms with Crippen molar-refractivity contribution in [1.82, 2.24) is 20.2 Å². The van der Waals surface area contributed by atoms with Crippen LogP contribution in [0.25, 0.3) is 0 Å². The Labute approximate surface area is 76.3 Å². The maximum Gasteiger partial charge on any atom is 0.255 e. The van der Waals surface area contributed by atoms with Gasteiger partial charge in [-0.1, -0.05) is 0 Å². The molecule has 0 fully saturated rings. The number of amides is 1. The lowest BCUT2D eigenvalue weighted by Gasteiger charge is -2.11. The first-order chi connectivity index (χ1) is 6.08. The number of carbonyl (C=O) groups is 1. The van der Waals surface area contributed by atoms with E-state index in [2.05, 4.69) is 10.5 Å². The quantitative estimate of drug-likeness (QED) is 0.593. The van der Waals surface area contributed by atoms with Gasteiger partial charge in [0.15, 0.2) is 0 Å². The molecule has 1 amide bonds. The minimum absolute atomic E-state index is 0.131. The molecular formula is C7H13N5O. The van der Waals surface area contributed by atoms with Crippen molar-refractivity contribution < 1.29 is 4.79 Å². The second-order valence-corrected chi connectivity index (χ2v) is 2.90. The topological polar surface area (TPSA) is 76.2 Å². The molecule has 0 aliphatic rings. The second-order valence-electron chi connectivity index (χ2n) is 2.90. The molecule has 0 atom stereocenters. The van der Waals surface area contributed by atoms with Crippen LogP contribution in [0.4, 0.5) is 5.69 Å². The van der Waals surface area contributed by atoms with Gasteiger partial charge in [-0.15, -0.1) is 0 Å². The molecule has 0 spiro atoms. The van der Waals surface area contributed by atoms with Gasteiger partial charge >= 0.3 is 0 Å². The van der Waals surface area contributed by atoms with Crippen molar-refractivity contribution in [3.05, 3.63) is 12.4 Å². The van der Waals surface area contributed by atoms with Crippen LogP contribution in [0.1, 0.15) is 0 Å². The zero-order valence-electron chi connectivity index (χ0n) is 7.69. The molecule has 0 aromatic carbocycles. The maximum atomic E-state index is 11.2. The molecule has 13 heavy (non-hydrogen) atoms. The Hall–Kier alpha value is -1.56. The van der Waals surface area contributed by atoms with Crippen LogP contribution in [0.2, 0.25) is 0 Å². The standard InChI is InChI=1S/C7H13N5O/c1-11(2)10-7(13)5-12-4-6(8)3-9-12/h3-4H,5,8H2,1-2H3,(H,10,13). The molecule has 3 N–H and O–H groups in total. The predicted octanol–water partition coefficient (Wildman–Crippen LogP) is -0.942. The average Bonchev–Trinajstić information content (AvgIpc) is 2.33. The van der Waals surface area contributed by atoms with Crippen LogP contribution in [0.3, 0.4) is 0 Å². The lowest BCUT2D eigenvalue weighted by atomic mass is 10.6. The molecule has 72 valence electrons. The van der Waals surface area contributed by atoms with E-state index in [-0.39, 0.29) is 12.5 Å². The lowest BCUT2D eigenvalue weighted by molar-refractivity contribution is -0.125. The van der Waals surface area contributed by atoms with Crippen molar-refractivity contribution in [3.63, 3.8) is 0 Å². The van der Waals surface area contributed by atoms with Crippen molar-refractivity contribution in [2.45, 2.75) is 6.54 Å². The summed E-state index contributed by atoms with van der Waals surface area (Å²) in [6, 6.07) is 0. The monoisotopic (exact) mass is 183 g/mol. The summed E-state index contributed by atoms with van der Waals surface area (Å²) in [7, 11) is 3.49. The smallest absolute Gasteiger partial charge is 0.255 e. The van der Waals surface area contributed by atoms with Crippen molar-refractivity contribution >= 4 is 11.6 Å². The van der Waals surface area contributed by atoms with E-state index in [0.717, 1.165) is 0 Å². The zero-order chi connectivity index (χ0) is 9.84. The number of nitrogens with two attached hydrogens (primary N) is 1. The third-order valence-corrected chi connectivity index (χ3v) is 1.31. The van der Waals surface area contributed by atoms with Crippen LogP contribution in [-0.4, -0.2) is 34.8 Å². The highest BCUT2D eigenvalue weighted by Gasteiger charge is 2.03. The van der Waals surface area contributed by atoms with E-state index in [4.69, 9.17) is 5.73 Å². The Bertz CT molecular complexity index is 293. The number of nitrogens with zero attached hydrogens (tertiary/aromatic N) is 3. The summed E-state index contributed by atoms with van der Waals surface area (Å²) in [6.45, 7) is 0.176. The number of hydrogen-bond acceptors (Lipinski definition) is 4. The summed E-state index contributed by atoms with van der Waals surface area (Å²) in [5.74, 6) is -0.131. The molecule has 1 aromatic heterocycles. The van der Waals surface area contributed by atoms with Crippen molar-refractivity contribution in [2.24, 2.45) is 0 Å². The van der Waals surface area contributed by atoms with Crippen LogP contribution in [0, 0.1) is 0 Å². The van der Waals surface area contributed by atoms with E-state index in [0.29, 0.717) is 5.69 Å². The largest absolute Gasteiger partial charge is 0.396 e. The van der Waals surface area contributed by atoms with E-state index in [9.17, 15) is 4.79 Å². The molecular weight excluding hydrogens is 170 g/mol. The highest BCUT2D eigenvalue weighted by molar-refractivity contribution is 5.75. The Morgan fingerprint density at radius 3 is 2.92 bits per heavy atom. The van der Waals surface area contributed by atoms with Gasteiger partial charge in [0.1, 0.15) is 6.54 Å². The van der Waals surface area contributed by atoms with Gasteiger partial charge in [0.2, 0.25) is 0 Å².